The minimum absolute atomic E-state index is 0.00539. The fourth-order valence-electron chi connectivity index (χ4n) is 3.21. The van der Waals surface area contributed by atoms with Gasteiger partial charge in [0.1, 0.15) is 5.82 Å². The molecule has 126 valence electrons. The van der Waals surface area contributed by atoms with Gasteiger partial charge in [0.15, 0.2) is 4.96 Å². The maximum absolute atomic E-state index is 4.82. The Morgan fingerprint density at radius 3 is 2.88 bits per heavy atom. The molecular formula is C18H23N5S. The summed E-state index contributed by atoms with van der Waals surface area (Å²) in [6.45, 7) is 11.5. The van der Waals surface area contributed by atoms with Crippen molar-refractivity contribution in [3.8, 4) is 0 Å². The largest absolute Gasteiger partial charge is 0.293 e. The van der Waals surface area contributed by atoms with Crippen molar-refractivity contribution in [2.24, 2.45) is 0 Å². The van der Waals surface area contributed by atoms with Crippen molar-refractivity contribution < 1.29 is 0 Å². The maximum atomic E-state index is 4.82. The first-order valence-electron chi connectivity index (χ1n) is 8.40. The van der Waals surface area contributed by atoms with Gasteiger partial charge in [-0.05, 0) is 6.92 Å². The summed E-state index contributed by atoms with van der Waals surface area (Å²) in [4.78, 5) is 17.6. The third-order valence-electron chi connectivity index (χ3n) is 4.62. The van der Waals surface area contributed by atoms with E-state index >= 15 is 0 Å². The van der Waals surface area contributed by atoms with Crippen molar-refractivity contribution in [1.82, 2.24) is 24.3 Å². The van der Waals surface area contributed by atoms with Crippen LogP contribution in [0.15, 0.2) is 17.8 Å². The van der Waals surface area contributed by atoms with Gasteiger partial charge < -0.3 is 0 Å². The molecule has 0 unspecified atom stereocenters. The highest BCUT2D eigenvalue weighted by Crippen LogP contribution is 2.24. The van der Waals surface area contributed by atoms with Crippen molar-refractivity contribution in [2.75, 3.05) is 6.54 Å². The molecule has 1 aliphatic rings. The predicted octanol–water partition coefficient (Wildman–Crippen LogP) is 3.35. The average molecular weight is 341 g/mol. The molecule has 0 spiro atoms. The van der Waals surface area contributed by atoms with Gasteiger partial charge in [-0.15, -0.1) is 11.3 Å². The fraction of sp³-hybridized carbons (Fsp3) is 0.500. The second-order valence-corrected chi connectivity index (χ2v) is 8.45. The Labute approximate surface area is 146 Å². The van der Waals surface area contributed by atoms with Gasteiger partial charge in [-0.3, -0.25) is 9.30 Å². The van der Waals surface area contributed by atoms with Crippen LogP contribution in [0.4, 0.5) is 0 Å². The number of rotatable bonds is 2. The summed E-state index contributed by atoms with van der Waals surface area (Å²) >= 11 is 1.69. The zero-order chi connectivity index (χ0) is 16.9. The van der Waals surface area contributed by atoms with Gasteiger partial charge in [-0.2, -0.15) is 0 Å². The lowest BCUT2D eigenvalue weighted by Gasteiger charge is -2.29. The molecule has 3 aromatic heterocycles. The van der Waals surface area contributed by atoms with E-state index in [9.17, 15) is 0 Å². The van der Waals surface area contributed by atoms with E-state index in [0.29, 0.717) is 0 Å². The van der Waals surface area contributed by atoms with E-state index in [-0.39, 0.29) is 5.41 Å². The molecule has 0 bridgehead atoms. The van der Waals surface area contributed by atoms with Gasteiger partial charge in [0.2, 0.25) is 0 Å². The molecule has 0 fully saturated rings. The second-order valence-electron chi connectivity index (χ2n) is 7.58. The molecule has 24 heavy (non-hydrogen) atoms. The normalized spacial score (nSPS) is 15.8. The van der Waals surface area contributed by atoms with Crippen LogP contribution in [-0.4, -0.2) is 30.8 Å². The Kier molecular flexibility index (Phi) is 3.69. The Bertz CT molecular complexity index is 887. The Morgan fingerprint density at radius 2 is 2.08 bits per heavy atom. The van der Waals surface area contributed by atoms with E-state index in [1.165, 1.54) is 17.0 Å². The van der Waals surface area contributed by atoms with E-state index < -0.39 is 0 Å². The molecular weight excluding hydrogens is 318 g/mol. The SMILES string of the molecule is Cc1nc2sccn2c1CN1CCc2nc(C(C)(C)C)ncc2C1. The minimum Gasteiger partial charge on any atom is -0.293 e. The molecule has 6 heteroatoms. The zero-order valence-electron chi connectivity index (χ0n) is 14.7. The second kappa shape index (κ2) is 5.63. The fourth-order valence-corrected chi connectivity index (χ4v) is 3.99. The summed E-state index contributed by atoms with van der Waals surface area (Å²) in [7, 11) is 0. The number of nitrogens with zero attached hydrogens (tertiary/aromatic N) is 5. The molecule has 0 saturated carbocycles. The first-order valence-corrected chi connectivity index (χ1v) is 9.28. The summed E-state index contributed by atoms with van der Waals surface area (Å²) in [6, 6.07) is 0. The summed E-state index contributed by atoms with van der Waals surface area (Å²) in [5.74, 6) is 0.946. The van der Waals surface area contributed by atoms with Gasteiger partial charge in [0.05, 0.1) is 11.4 Å². The molecule has 0 N–H and O–H groups in total. The Balaban J connectivity index is 1.56. The van der Waals surface area contributed by atoms with Crippen LogP contribution in [0.3, 0.4) is 0 Å². The highest BCUT2D eigenvalue weighted by molar-refractivity contribution is 7.15. The van der Waals surface area contributed by atoms with E-state index in [2.05, 4.69) is 58.5 Å². The van der Waals surface area contributed by atoms with Crippen LogP contribution >= 0.6 is 11.3 Å². The molecule has 0 atom stereocenters. The molecule has 0 saturated heterocycles. The Hall–Kier alpha value is -1.79. The highest BCUT2D eigenvalue weighted by atomic mass is 32.1. The van der Waals surface area contributed by atoms with Gasteiger partial charge in [-0.1, -0.05) is 20.8 Å². The molecule has 4 rings (SSSR count). The van der Waals surface area contributed by atoms with Gasteiger partial charge in [0, 0.05) is 60.5 Å². The molecule has 4 heterocycles. The number of aromatic nitrogens is 4. The lowest BCUT2D eigenvalue weighted by atomic mass is 9.95. The standard InChI is InChI=1S/C18H23N5S/c1-12-15(23-7-8-24-17(23)20-12)11-22-6-5-14-13(10-22)9-19-16(21-14)18(2,3)4/h7-9H,5-6,10-11H2,1-4H3. The number of imidazole rings is 1. The third kappa shape index (κ3) is 2.74. The van der Waals surface area contributed by atoms with Gasteiger partial charge >= 0.3 is 0 Å². The Morgan fingerprint density at radius 1 is 1.25 bits per heavy atom. The summed E-state index contributed by atoms with van der Waals surface area (Å²) in [6.07, 6.45) is 5.13. The quantitative estimate of drug-likeness (QED) is 0.717. The predicted molar refractivity (Wildman–Crippen MR) is 96.4 cm³/mol. The number of aryl methyl sites for hydroxylation is 1. The smallest absolute Gasteiger partial charge is 0.194 e. The van der Waals surface area contributed by atoms with Crippen molar-refractivity contribution >= 4 is 16.3 Å². The molecule has 1 aliphatic heterocycles. The number of fused-ring (bicyclic) bond motifs is 2. The van der Waals surface area contributed by atoms with Crippen LogP contribution < -0.4 is 0 Å². The highest BCUT2D eigenvalue weighted by Gasteiger charge is 2.24. The first kappa shape index (κ1) is 15.7. The summed E-state index contributed by atoms with van der Waals surface area (Å²) < 4.78 is 2.22. The van der Waals surface area contributed by atoms with Crippen LogP contribution in [0.5, 0.6) is 0 Å². The monoisotopic (exact) mass is 341 g/mol. The third-order valence-corrected chi connectivity index (χ3v) is 5.38. The molecule has 0 radical (unpaired) electrons. The molecule has 0 amide bonds. The molecule has 5 nitrogen and oxygen atoms in total. The number of hydrogen-bond donors (Lipinski definition) is 0. The molecule has 3 aromatic rings. The minimum atomic E-state index is 0.00539. The summed E-state index contributed by atoms with van der Waals surface area (Å²) in [5, 5.41) is 2.10. The average Bonchev–Trinajstić information content (AvgIpc) is 3.08. The van der Waals surface area contributed by atoms with Crippen molar-refractivity contribution in [2.45, 2.75) is 52.6 Å². The molecule has 0 aromatic carbocycles. The zero-order valence-corrected chi connectivity index (χ0v) is 15.5. The van der Waals surface area contributed by atoms with Crippen molar-refractivity contribution in [3.05, 3.63) is 46.2 Å². The van der Waals surface area contributed by atoms with Crippen LogP contribution in [0.1, 0.15) is 49.2 Å². The van der Waals surface area contributed by atoms with E-state index in [0.717, 1.165) is 42.5 Å². The van der Waals surface area contributed by atoms with Crippen LogP contribution in [0, 0.1) is 6.92 Å². The first-order chi connectivity index (χ1) is 11.4. The molecule has 0 aliphatic carbocycles. The lowest BCUT2D eigenvalue weighted by molar-refractivity contribution is 0.238. The van der Waals surface area contributed by atoms with Crippen molar-refractivity contribution in [3.63, 3.8) is 0 Å². The number of thiazole rings is 1. The topological polar surface area (TPSA) is 46.3 Å². The van der Waals surface area contributed by atoms with Crippen molar-refractivity contribution in [1.29, 1.82) is 0 Å². The number of hydrogen-bond acceptors (Lipinski definition) is 5. The van der Waals surface area contributed by atoms with E-state index in [4.69, 9.17) is 4.98 Å². The van der Waals surface area contributed by atoms with Gasteiger partial charge in [0.25, 0.3) is 0 Å². The lowest BCUT2D eigenvalue weighted by Crippen LogP contribution is -2.32. The summed E-state index contributed by atoms with van der Waals surface area (Å²) in [5.41, 5.74) is 4.91. The van der Waals surface area contributed by atoms with E-state index in [1.807, 2.05) is 6.20 Å². The maximum Gasteiger partial charge on any atom is 0.194 e. The van der Waals surface area contributed by atoms with Gasteiger partial charge in [-0.25, -0.2) is 15.0 Å². The van der Waals surface area contributed by atoms with Crippen LogP contribution in [-0.2, 0) is 24.9 Å². The van der Waals surface area contributed by atoms with E-state index in [1.54, 1.807) is 11.3 Å². The van der Waals surface area contributed by atoms with Crippen LogP contribution in [0.25, 0.3) is 4.96 Å². The van der Waals surface area contributed by atoms with Crippen LogP contribution in [0.2, 0.25) is 0 Å².